The van der Waals surface area contributed by atoms with Gasteiger partial charge in [-0.05, 0) is 38.0 Å². The molecular formula is C17H27NOSi. The Kier molecular flexibility index (Phi) is 6.45. The SMILES string of the molecule is CCCCCCC(C#N)(O[Si](C)(C)C)c1ccccc1. The summed E-state index contributed by atoms with van der Waals surface area (Å²) in [5, 5.41) is 9.80. The minimum atomic E-state index is -1.79. The van der Waals surface area contributed by atoms with Crippen LogP contribution in [-0.2, 0) is 10.0 Å². The normalized spacial score (nSPS) is 14.6. The van der Waals surface area contributed by atoms with Gasteiger partial charge in [0.15, 0.2) is 13.9 Å². The average Bonchev–Trinajstić information content (AvgIpc) is 2.42. The van der Waals surface area contributed by atoms with Gasteiger partial charge in [0.1, 0.15) is 6.07 Å². The maximum Gasteiger partial charge on any atom is 0.186 e. The summed E-state index contributed by atoms with van der Waals surface area (Å²) in [7, 11) is -1.79. The molecule has 0 fully saturated rings. The summed E-state index contributed by atoms with van der Waals surface area (Å²) in [6.07, 6.45) is 5.43. The molecule has 0 heterocycles. The highest BCUT2D eigenvalue weighted by molar-refractivity contribution is 6.69. The first-order valence-corrected chi connectivity index (χ1v) is 11.0. The molecule has 1 rings (SSSR count). The Labute approximate surface area is 124 Å². The molecule has 1 unspecified atom stereocenters. The fourth-order valence-electron chi connectivity index (χ4n) is 2.43. The number of hydrogen-bond donors (Lipinski definition) is 0. The van der Waals surface area contributed by atoms with Crippen LogP contribution in [0.1, 0.15) is 44.6 Å². The van der Waals surface area contributed by atoms with E-state index in [1.807, 2.05) is 30.3 Å². The van der Waals surface area contributed by atoms with Gasteiger partial charge < -0.3 is 4.43 Å². The van der Waals surface area contributed by atoms with Gasteiger partial charge in [-0.3, -0.25) is 0 Å². The lowest BCUT2D eigenvalue weighted by molar-refractivity contribution is 0.105. The van der Waals surface area contributed by atoms with Crippen LogP contribution in [0.4, 0.5) is 0 Å². The van der Waals surface area contributed by atoms with Gasteiger partial charge in [-0.1, -0.05) is 56.5 Å². The Hall–Kier alpha value is -1.11. The maximum absolute atomic E-state index is 9.80. The van der Waals surface area contributed by atoms with Crippen LogP contribution in [0.5, 0.6) is 0 Å². The van der Waals surface area contributed by atoms with Crippen LogP contribution in [0.25, 0.3) is 0 Å². The predicted octanol–water partition coefficient (Wildman–Crippen LogP) is 5.23. The zero-order valence-electron chi connectivity index (χ0n) is 13.3. The Morgan fingerprint density at radius 1 is 1.10 bits per heavy atom. The van der Waals surface area contributed by atoms with Crippen molar-refractivity contribution in [2.75, 3.05) is 0 Å². The van der Waals surface area contributed by atoms with Crippen LogP contribution < -0.4 is 0 Å². The quantitative estimate of drug-likeness (QED) is 0.485. The topological polar surface area (TPSA) is 33.0 Å². The third-order valence-electron chi connectivity index (χ3n) is 3.28. The van der Waals surface area contributed by atoms with Crippen LogP contribution in [0.3, 0.4) is 0 Å². The predicted molar refractivity (Wildman–Crippen MR) is 86.9 cm³/mol. The summed E-state index contributed by atoms with van der Waals surface area (Å²) < 4.78 is 6.32. The average molecular weight is 289 g/mol. The van der Waals surface area contributed by atoms with Crippen LogP contribution in [-0.4, -0.2) is 8.32 Å². The number of nitriles is 1. The first-order chi connectivity index (χ1) is 9.43. The van der Waals surface area contributed by atoms with Gasteiger partial charge in [0.2, 0.25) is 0 Å². The zero-order valence-corrected chi connectivity index (χ0v) is 14.3. The third-order valence-corrected chi connectivity index (χ3v) is 4.24. The van der Waals surface area contributed by atoms with E-state index in [-0.39, 0.29) is 0 Å². The molecule has 0 spiro atoms. The molecule has 0 saturated heterocycles. The number of rotatable bonds is 8. The van der Waals surface area contributed by atoms with Gasteiger partial charge >= 0.3 is 0 Å². The Bertz CT molecular complexity index is 433. The molecule has 0 aliphatic heterocycles. The molecular weight excluding hydrogens is 262 g/mol. The van der Waals surface area contributed by atoms with E-state index in [4.69, 9.17) is 4.43 Å². The van der Waals surface area contributed by atoms with Gasteiger partial charge in [-0.2, -0.15) is 5.26 Å². The van der Waals surface area contributed by atoms with Crippen LogP contribution in [0.15, 0.2) is 30.3 Å². The summed E-state index contributed by atoms with van der Waals surface area (Å²) in [5.41, 5.74) is 0.237. The van der Waals surface area contributed by atoms with Crippen molar-refractivity contribution in [1.82, 2.24) is 0 Å². The lowest BCUT2D eigenvalue weighted by Crippen LogP contribution is -2.39. The van der Waals surface area contributed by atoms with Crippen LogP contribution in [0.2, 0.25) is 19.6 Å². The van der Waals surface area contributed by atoms with Gasteiger partial charge in [0, 0.05) is 0 Å². The summed E-state index contributed by atoms with van der Waals surface area (Å²) in [6.45, 7) is 8.64. The van der Waals surface area contributed by atoms with Crippen molar-refractivity contribution in [3.05, 3.63) is 35.9 Å². The van der Waals surface area contributed by atoms with Crippen LogP contribution >= 0.6 is 0 Å². The second-order valence-corrected chi connectivity index (χ2v) is 10.8. The molecule has 0 N–H and O–H groups in total. The lowest BCUT2D eigenvalue weighted by Gasteiger charge is -2.34. The fraction of sp³-hybridized carbons (Fsp3) is 0.588. The molecule has 1 atom stereocenters. The molecule has 110 valence electrons. The van der Waals surface area contributed by atoms with Crippen molar-refractivity contribution in [2.24, 2.45) is 0 Å². The zero-order chi connectivity index (χ0) is 15.1. The van der Waals surface area contributed by atoms with Crippen LogP contribution in [0, 0.1) is 11.3 Å². The monoisotopic (exact) mass is 289 g/mol. The molecule has 0 amide bonds. The molecule has 0 radical (unpaired) electrons. The number of hydrogen-bond acceptors (Lipinski definition) is 2. The Morgan fingerprint density at radius 3 is 2.25 bits per heavy atom. The van der Waals surface area contributed by atoms with Gasteiger partial charge in [-0.15, -0.1) is 0 Å². The standard InChI is InChI=1S/C17H27NOSi/c1-5-6-7-11-14-17(15-18,19-20(2,3)4)16-12-9-8-10-13-16/h8-10,12-13H,5-7,11,14H2,1-4H3. The van der Waals surface area contributed by atoms with Crippen molar-refractivity contribution in [1.29, 1.82) is 5.26 Å². The Morgan fingerprint density at radius 2 is 1.75 bits per heavy atom. The first-order valence-electron chi connectivity index (χ1n) is 7.60. The maximum atomic E-state index is 9.80. The Balaban J connectivity index is 2.95. The second kappa shape index (κ2) is 7.61. The van der Waals surface area contributed by atoms with E-state index < -0.39 is 13.9 Å². The molecule has 0 aliphatic rings. The highest BCUT2D eigenvalue weighted by Crippen LogP contribution is 2.34. The van der Waals surface area contributed by atoms with E-state index >= 15 is 0 Å². The van der Waals surface area contributed by atoms with Crippen molar-refractivity contribution >= 4 is 8.32 Å². The van der Waals surface area contributed by atoms with E-state index in [1.165, 1.54) is 19.3 Å². The summed E-state index contributed by atoms with van der Waals surface area (Å²) in [5.74, 6) is 0. The second-order valence-electron chi connectivity index (χ2n) is 6.33. The molecule has 0 bridgehead atoms. The molecule has 3 heteroatoms. The summed E-state index contributed by atoms with van der Waals surface area (Å²) in [4.78, 5) is 0. The minimum Gasteiger partial charge on any atom is -0.396 e. The van der Waals surface area contributed by atoms with E-state index in [1.54, 1.807) is 0 Å². The smallest absolute Gasteiger partial charge is 0.186 e. The summed E-state index contributed by atoms with van der Waals surface area (Å²) >= 11 is 0. The van der Waals surface area contributed by atoms with Gasteiger partial charge in [-0.25, -0.2) is 0 Å². The van der Waals surface area contributed by atoms with Crippen molar-refractivity contribution in [2.45, 2.75) is 64.3 Å². The molecule has 1 aromatic rings. The molecule has 0 saturated carbocycles. The molecule has 0 aliphatic carbocycles. The highest BCUT2D eigenvalue weighted by Gasteiger charge is 2.37. The minimum absolute atomic E-state index is 0.764. The number of nitrogens with zero attached hydrogens (tertiary/aromatic N) is 1. The molecule has 1 aromatic carbocycles. The lowest BCUT2D eigenvalue weighted by atomic mass is 9.89. The molecule has 2 nitrogen and oxygen atoms in total. The van der Waals surface area contributed by atoms with E-state index in [0.29, 0.717) is 0 Å². The largest absolute Gasteiger partial charge is 0.396 e. The molecule has 20 heavy (non-hydrogen) atoms. The van der Waals surface area contributed by atoms with Gasteiger partial charge in [0.05, 0.1) is 0 Å². The summed E-state index contributed by atoms with van der Waals surface area (Å²) in [6, 6.07) is 12.5. The van der Waals surface area contributed by atoms with E-state index in [2.05, 4.69) is 32.6 Å². The third kappa shape index (κ3) is 5.11. The molecule has 0 aromatic heterocycles. The fourth-order valence-corrected chi connectivity index (χ4v) is 3.74. The van der Waals surface area contributed by atoms with E-state index in [9.17, 15) is 5.26 Å². The van der Waals surface area contributed by atoms with Gasteiger partial charge in [0.25, 0.3) is 0 Å². The van der Waals surface area contributed by atoms with Crippen molar-refractivity contribution < 1.29 is 4.43 Å². The first kappa shape index (κ1) is 16.9. The number of unbranched alkanes of at least 4 members (excludes halogenated alkanes) is 3. The van der Waals surface area contributed by atoms with Crippen molar-refractivity contribution in [3.8, 4) is 6.07 Å². The highest BCUT2D eigenvalue weighted by atomic mass is 28.4. The number of benzene rings is 1. The van der Waals surface area contributed by atoms with E-state index in [0.717, 1.165) is 18.4 Å². The van der Waals surface area contributed by atoms with Crippen molar-refractivity contribution in [3.63, 3.8) is 0 Å².